The van der Waals surface area contributed by atoms with Gasteiger partial charge in [-0.25, -0.2) is 0 Å². The molecule has 0 aliphatic carbocycles. The van der Waals surface area contributed by atoms with Gasteiger partial charge in [-0.3, -0.25) is 9.79 Å². The van der Waals surface area contributed by atoms with Crippen LogP contribution in [0.5, 0.6) is 0 Å². The first-order chi connectivity index (χ1) is 7.07. The standard InChI is InChI=1S/C10H19N3O2/c1-2-3-6-9(12)13-7-4-5-8(11)10(14)15/h2-3,8H,4-7,11H2,1H3,(H2,12,13)(H,14,15)/b3-2+/t8-/m0/s1. The van der Waals surface area contributed by atoms with Crippen LogP contribution in [0.15, 0.2) is 17.1 Å². The molecule has 0 unspecified atom stereocenters. The first-order valence-electron chi connectivity index (χ1n) is 4.96. The fraction of sp³-hybridized carbons (Fsp3) is 0.600. The van der Waals surface area contributed by atoms with E-state index in [0.717, 1.165) is 0 Å². The Kier molecular flexibility index (Phi) is 7.27. The molecule has 0 rings (SSSR count). The van der Waals surface area contributed by atoms with Gasteiger partial charge in [0.1, 0.15) is 6.04 Å². The number of amidine groups is 1. The molecule has 1 atom stereocenters. The largest absolute Gasteiger partial charge is 0.480 e. The lowest BCUT2D eigenvalue weighted by atomic mass is 10.2. The summed E-state index contributed by atoms with van der Waals surface area (Å²) in [6.07, 6.45) is 5.53. The van der Waals surface area contributed by atoms with Crippen LogP contribution in [0.4, 0.5) is 0 Å². The van der Waals surface area contributed by atoms with Crippen molar-refractivity contribution in [1.29, 1.82) is 0 Å². The van der Waals surface area contributed by atoms with E-state index in [4.69, 9.17) is 16.6 Å². The SMILES string of the molecule is C/C=C/CC(N)=NCCC[C@H](N)C(=O)O. The lowest BCUT2D eigenvalue weighted by molar-refractivity contribution is -0.138. The summed E-state index contributed by atoms with van der Waals surface area (Å²) in [6.45, 7) is 2.45. The molecule has 0 aliphatic rings. The van der Waals surface area contributed by atoms with Gasteiger partial charge < -0.3 is 16.6 Å². The van der Waals surface area contributed by atoms with E-state index in [1.807, 2.05) is 19.1 Å². The minimum atomic E-state index is -0.971. The van der Waals surface area contributed by atoms with Crippen LogP contribution in [-0.2, 0) is 4.79 Å². The molecule has 0 aromatic rings. The van der Waals surface area contributed by atoms with E-state index in [-0.39, 0.29) is 0 Å². The fourth-order valence-electron chi connectivity index (χ4n) is 0.960. The first-order valence-corrected chi connectivity index (χ1v) is 4.96. The van der Waals surface area contributed by atoms with E-state index in [2.05, 4.69) is 4.99 Å². The number of nitrogens with two attached hydrogens (primary N) is 2. The van der Waals surface area contributed by atoms with Gasteiger partial charge in [0.2, 0.25) is 0 Å². The van der Waals surface area contributed by atoms with Crippen molar-refractivity contribution in [1.82, 2.24) is 0 Å². The Bertz CT molecular complexity index is 249. The molecule has 0 aliphatic heterocycles. The van der Waals surface area contributed by atoms with Crippen LogP contribution >= 0.6 is 0 Å². The molecule has 5 nitrogen and oxygen atoms in total. The van der Waals surface area contributed by atoms with Gasteiger partial charge in [0, 0.05) is 13.0 Å². The maximum absolute atomic E-state index is 10.4. The first kappa shape index (κ1) is 13.6. The Hall–Kier alpha value is -1.36. The number of nitrogens with zero attached hydrogens (tertiary/aromatic N) is 1. The summed E-state index contributed by atoms with van der Waals surface area (Å²) >= 11 is 0. The Labute approximate surface area is 89.9 Å². The van der Waals surface area contributed by atoms with Crippen LogP contribution in [0.1, 0.15) is 26.2 Å². The summed E-state index contributed by atoms with van der Waals surface area (Å²) in [4.78, 5) is 14.5. The van der Waals surface area contributed by atoms with E-state index in [0.29, 0.717) is 31.6 Å². The molecule has 15 heavy (non-hydrogen) atoms. The highest BCUT2D eigenvalue weighted by atomic mass is 16.4. The smallest absolute Gasteiger partial charge is 0.320 e. The van der Waals surface area contributed by atoms with E-state index in [9.17, 15) is 4.79 Å². The summed E-state index contributed by atoms with van der Waals surface area (Å²) in [5, 5.41) is 8.51. The second kappa shape index (κ2) is 7.99. The van der Waals surface area contributed by atoms with Crippen molar-refractivity contribution in [3.63, 3.8) is 0 Å². The number of aliphatic carboxylic acids is 1. The second-order valence-corrected chi connectivity index (χ2v) is 3.23. The van der Waals surface area contributed by atoms with Crippen molar-refractivity contribution in [2.24, 2.45) is 16.5 Å². The highest BCUT2D eigenvalue weighted by Gasteiger charge is 2.09. The molecule has 0 heterocycles. The van der Waals surface area contributed by atoms with E-state index >= 15 is 0 Å². The van der Waals surface area contributed by atoms with E-state index in [1.54, 1.807) is 0 Å². The molecular weight excluding hydrogens is 194 g/mol. The number of hydrogen-bond acceptors (Lipinski definition) is 3. The summed E-state index contributed by atoms with van der Waals surface area (Å²) in [7, 11) is 0. The highest BCUT2D eigenvalue weighted by Crippen LogP contribution is 1.95. The lowest BCUT2D eigenvalue weighted by Gasteiger charge is -2.03. The van der Waals surface area contributed by atoms with Crippen LogP contribution in [0.3, 0.4) is 0 Å². The lowest BCUT2D eigenvalue weighted by Crippen LogP contribution is -2.30. The monoisotopic (exact) mass is 213 g/mol. The number of hydrogen-bond donors (Lipinski definition) is 3. The van der Waals surface area contributed by atoms with Crippen LogP contribution in [0.25, 0.3) is 0 Å². The molecule has 0 spiro atoms. The Morgan fingerprint density at radius 1 is 1.60 bits per heavy atom. The molecular formula is C10H19N3O2. The average Bonchev–Trinajstić information content (AvgIpc) is 2.20. The van der Waals surface area contributed by atoms with Gasteiger partial charge in [-0.15, -0.1) is 0 Å². The van der Waals surface area contributed by atoms with Crippen molar-refractivity contribution in [3.8, 4) is 0 Å². The number of carboxylic acids is 1. The van der Waals surface area contributed by atoms with Gasteiger partial charge >= 0.3 is 5.97 Å². The summed E-state index contributed by atoms with van der Waals surface area (Å²) in [5.41, 5.74) is 10.9. The zero-order chi connectivity index (χ0) is 11.7. The Morgan fingerprint density at radius 3 is 2.80 bits per heavy atom. The zero-order valence-electron chi connectivity index (χ0n) is 9.02. The van der Waals surface area contributed by atoms with Crippen LogP contribution in [0, 0.1) is 0 Å². The van der Waals surface area contributed by atoms with Crippen molar-refractivity contribution >= 4 is 11.8 Å². The van der Waals surface area contributed by atoms with Crippen LogP contribution in [-0.4, -0.2) is 29.5 Å². The van der Waals surface area contributed by atoms with E-state index < -0.39 is 12.0 Å². The van der Waals surface area contributed by atoms with Crippen molar-refractivity contribution in [2.75, 3.05) is 6.54 Å². The number of rotatable bonds is 7. The molecule has 86 valence electrons. The minimum Gasteiger partial charge on any atom is -0.480 e. The predicted molar refractivity (Wildman–Crippen MR) is 60.8 cm³/mol. The molecule has 0 aromatic carbocycles. The zero-order valence-corrected chi connectivity index (χ0v) is 9.02. The fourth-order valence-corrected chi connectivity index (χ4v) is 0.960. The van der Waals surface area contributed by atoms with Crippen molar-refractivity contribution < 1.29 is 9.90 Å². The van der Waals surface area contributed by atoms with Gasteiger partial charge in [0.15, 0.2) is 0 Å². The summed E-state index contributed by atoms with van der Waals surface area (Å²) in [5.74, 6) is -0.405. The molecule has 0 bridgehead atoms. The number of allylic oxidation sites excluding steroid dienone is 1. The Balaban J connectivity index is 3.64. The maximum Gasteiger partial charge on any atom is 0.320 e. The molecule has 5 heteroatoms. The third kappa shape index (κ3) is 7.69. The molecule has 0 saturated heterocycles. The normalized spacial score (nSPS) is 14.4. The van der Waals surface area contributed by atoms with Gasteiger partial charge in [-0.2, -0.15) is 0 Å². The predicted octanol–water partition coefficient (Wildman–Crippen LogP) is 0.502. The molecule has 5 N–H and O–H groups in total. The van der Waals surface area contributed by atoms with Gasteiger partial charge in [-0.05, 0) is 19.8 Å². The van der Waals surface area contributed by atoms with E-state index in [1.165, 1.54) is 0 Å². The second-order valence-electron chi connectivity index (χ2n) is 3.23. The van der Waals surface area contributed by atoms with Crippen LogP contribution < -0.4 is 11.5 Å². The summed E-state index contributed by atoms with van der Waals surface area (Å²) < 4.78 is 0. The molecule has 0 radical (unpaired) electrons. The molecule has 0 amide bonds. The topological polar surface area (TPSA) is 102 Å². The highest BCUT2D eigenvalue weighted by molar-refractivity contribution is 5.81. The molecule has 0 aromatic heterocycles. The third-order valence-corrected chi connectivity index (χ3v) is 1.87. The average molecular weight is 213 g/mol. The van der Waals surface area contributed by atoms with Crippen molar-refractivity contribution in [3.05, 3.63) is 12.2 Å². The minimum absolute atomic E-state index is 0.426. The summed E-state index contributed by atoms with van der Waals surface area (Å²) in [6, 6.07) is -0.794. The van der Waals surface area contributed by atoms with Crippen molar-refractivity contribution in [2.45, 2.75) is 32.2 Å². The Morgan fingerprint density at radius 2 is 2.27 bits per heavy atom. The third-order valence-electron chi connectivity index (χ3n) is 1.87. The number of aliphatic imine (C=N–C) groups is 1. The van der Waals surface area contributed by atoms with Gasteiger partial charge in [0.05, 0.1) is 5.84 Å². The quantitative estimate of drug-likeness (QED) is 0.248. The molecule has 0 fully saturated rings. The number of carbonyl (C=O) groups is 1. The maximum atomic E-state index is 10.4. The number of carboxylic acid groups (broad SMARTS) is 1. The molecule has 0 saturated carbocycles. The van der Waals surface area contributed by atoms with Gasteiger partial charge in [-0.1, -0.05) is 12.2 Å². The van der Waals surface area contributed by atoms with Gasteiger partial charge in [0.25, 0.3) is 0 Å². The van der Waals surface area contributed by atoms with Crippen LogP contribution in [0.2, 0.25) is 0 Å².